The Morgan fingerprint density at radius 1 is 0.683 bits per heavy atom. The second kappa shape index (κ2) is 11.9. The van der Waals surface area contributed by atoms with Gasteiger partial charge in [0.05, 0.1) is 38.0 Å². The fourth-order valence-corrected chi connectivity index (χ4v) is 5.62. The first kappa shape index (κ1) is 26.0. The summed E-state index contributed by atoms with van der Waals surface area (Å²) in [6, 6.07) is 16.8. The molecule has 41 heavy (non-hydrogen) atoms. The predicted octanol–water partition coefficient (Wildman–Crippen LogP) is 4.69. The van der Waals surface area contributed by atoms with Crippen molar-refractivity contribution >= 4 is 45.5 Å². The van der Waals surface area contributed by atoms with Crippen molar-refractivity contribution in [1.29, 1.82) is 0 Å². The van der Waals surface area contributed by atoms with Crippen LogP contribution < -0.4 is 20.4 Å². The van der Waals surface area contributed by atoms with E-state index in [1.807, 2.05) is 10.9 Å². The van der Waals surface area contributed by atoms with Crippen molar-refractivity contribution in [2.24, 2.45) is 0 Å². The SMILES string of the molecule is c1cc(N2CCOCC2)ccc1Nc1nc(Nc2ccc(N3CCOCC3)cc2)c2cnn(C3CCCCO3)c2n1. The smallest absolute Gasteiger partial charge is 0.231 e. The first-order valence-electron chi connectivity index (χ1n) is 14.6. The number of morpholine rings is 2. The molecule has 11 nitrogen and oxygen atoms in total. The molecule has 1 unspecified atom stereocenters. The zero-order valence-electron chi connectivity index (χ0n) is 23.2. The van der Waals surface area contributed by atoms with Crippen molar-refractivity contribution in [3.05, 3.63) is 54.7 Å². The van der Waals surface area contributed by atoms with Gasteiger partial charge < -0.3 is 34.6 Å². The van der Waals surface area contributed by atoms with Crippen LogP contribution in [-0.4, -0.2) is 79.0 Å². The van der Waals surface area contributed by atoms with Crippen LogP contribution in [0.5, 0.6) is 0 Å². The zero-order valence-corrected chi connectivity index (χ0v) is 23.2. The molecule has 0 saturated carbocycles. The number of nitrogens with one attached hydrogen (secondary N) is 2. The topological polar surface area (TPSA) is 102 Å². The summed E-state index contributed by atoms with van der Waals surface area (Å²) in [5.74, 6) is 1.20. The molecule has 0 aliphatic carbocycles. The van der Waals surface area contributed by atoms with Gasteiger partial charge in [0.15, 0.2) is 11.9 Å². The van der Waals surface area contributed by atoms with Gasteiger partial charge in [-0.05, 0) is 67.8 Å². The fraction of sp³-hybridized carbons (Fsp3) is 0.433. The second-order valence-electron chi connectivity index (χ2n) is 10.6. The molecule has 2 N–H and O–H groups in total. The van der Waals surface area contributed by atoms with E-state index in [9.17, 15) is 0 Å². The molecule has 214 valence electrons. The molecule has 11 heteroatoms. The van der Waals surface area contributed by atoms with Gasteiger partial charge in [-0.3, -0.25) is 0 Å². The molecule has 0 radical (unpaired) electrons. The van der Waals surface area contributed by atoms with E-state index in [0.29, 0.717) is 11.8 Å². The van der Waals surface area contributed by atoms with Crippen LogP contribution in [0.3, 0.4) is 0 Å². The minimum atomic E-state index is -0.127. The first-order chi connectivity index (χ1) is 20.3. The van der Waals surface area contributed by atoms with Crippen LogP contribution in [0.2, 0.25) is 0 Å². The van der Waals surface area contributed by atoms with Crippen LogP contribution in [0.1, 0.15) is 25.5 Å². The van der Waals surface area contributed by atoms with Crippen LogP contribution in [0.15, 0.2) is 54.7 Å². The summed E-state index contributed by atoms with van der Waals surface area (Å²) in [5, 5.41) is 12.5. The Morgan fingerprint density at radius 3 is 1.88 bits per heavy atom. The van der Waals surface area contributed by atoms with Crippen LogP contribution in [0.25, 0.3) is 11.0 Å². The number of fused-ring (bicyclic) bond motifs is 1. The van der Waals surface area contributed by atoms with Gasteiger partial charge in [-0.2, -0.15) is 15.1 Å². The van der Waals surface area contributed by atoms with Gasteiger partial charge in [0, 0.05) is 55.5 Å². The van der Waals surface area contributed by atoms with E-state index in [2.05, 4.69) is 69.0 Å². The average Bonchev–Trinajstić information content (AvgIpc) is 3.47. The molecule has 3 saturated heterocycles. The molecular weight excluding hydrogens is 520 g/mol. The van der Waals surface area contributed by atoms with Crippen LogP contribution in [0.4, 0.5) is 34.5 Å². The highest BCUT2D eigenvalue weighted by Gasteiger charge is 2.22. The zero-order chi connectivity index (χ0) is 27.4. The third kappa shape index (κ3) is 5.79. The van der Waals surface area contributed by atoms with Crippen LogP contribution in [0, 0.1) is 0 Å². The fourth-order valence-electron chi connectivity index (χ4n) is 5.62. The van der Waals surface area contributed by atoms with Crippen LogP contribution in [-0.2, 0) is 14.2 Å². The molecule has 1 atom stereocenters. The Bertz CT molecular complexity index is 1440. The monoisotopic (exact) mass is 556 g/mol. The van der Waals surface area contributed by atoms with E-state index in [-0.39, 0.29) is 6.23 Å². The van der Waals surface area contributed by atoms with Gasteiger partial charge in [-0.15, -0.1) is 0 Å². The molecule has 2 aromatic carbocycles. The van der Waals surface area contributed by atoms with Gasteiger partial charge in [-0.25, -0.2) is 4.68 Å². The molecule has 3 aliphatic heterocycles. The average molecular weight is 557 g/mol. The van der Waals surface area contributed by atoms with Crippen molar-refractivity contribution in [2.45, 2.75) is 25.5 Å². The predicted molar refractivity (Wildman–Crippen MR) is 160 cm³/mol. The lowest BCUT2D eigenvalue weighted by Gasteiger charge is -2.29. The second-order valence-corrected chi connectivity index (χ2v) is 10.6. The highest BCUT2D eigenvalue weighted by Crippen LogP contribution is 2.31. The number of nitrogens with zero attached hydrogens (tertiary/aromatic N) is 6. The van der Waals surface area contributed by atoms with Gasteiger partial charge in [0.2, 0.25) is 5.95 Å². The molecule has 0 spiro atoms. The van der Waals surface area contributed by atoms with E-state index in [4.69, 9.17) is 29.3 Å². The summed E-state index contributed by atoms with van der Waals surface area (Å²) in [5.41, 5.74) is 4.99. The molecule has 0 amide bonds. The van der Waals surface area contributed by atoms with E-state index < -0.39 is 0 Å². The highest BCUT2D eigenvalue weighted by molar-refractivity contribution is 5.90. The van der Waals surface area contributed by atoms with Crippen molar-refractivity contribution in [2.75, 3.05) is 79.6 Å². The molecule has 4 aromatic rings. The van der Waals surface area contributed by atoms with E-state index >= 15 is 0 Å². The Labute approximate surface area is 239 Å². The summed E-state index contributed by atoms with van der Waals surface area (Å²) in [7, 11) is 0. The Kier molecular flexibility index (Phi) is 7.54. The highest BCUT2D eigenvalue weighted by atomic mass is 16.5. The van der Waals surface area contributed by atoms with E-state index in [1.54, 1.807) is 0 Å². The third-order valence-electron chi connectivity index (χ3n) is 7.89. The molecule has 5 heterocycles. The van der Waals surface area contributed by atoms with Crippen molar-refractivity contribution < 1.29 is 14.2 Å². The van der Waals surface area contributed by atoms with Gasteiger partial charge in [0.25, 0.3) is 0 Å². The Balaban J connectivity index is 1.17. The summed E-state index contributed by atoms with van der Waals surface area (Å²) < 4.78 is 19.0. The minimum Gasteiger partial charge on any atom is -0.378 e. The number of anilines is 6. The first-order valence-corrected chi connectivity index (χ1v) is 14.6. The van der Waals surface area contributed by atoms with Crippen molar-refractivity contribution in [3.8, 4) is 0 Å². The number of hydrogen-bond donors (Lipinski definition) is 2. The molecule has 0 bridgehead atoms. The lowest BCUT2D eigenvalue weighted by atomic mass is 10.2. The largest absolute Gasteiger partial charge is 0.378 e. The number of benzene rings is 2. The maximum Gasteiger partial charge on any atom is 0.231 e. The van der Waals surface area contributed by atoms with Crippen molar-refractivity contribution in [3.63, 3.8) is 0 Å². The van der Waals surface area contributed by atoms with Gasteiger partial charge in [-0.1, -0.05) is 0 Å². The molecule has 3 aliphatic rings. The Morgan fingerprint density at radius 2 is 1.29 bits per heavy atom. The maximum atomic E-state index is 6.06. The molecule has 3 fully saturated rings. The maximum absolute atomic E-state index is 6.06. The number of hydrogen-bond acceptors (Lipinski definition) is 10. The summed E-state index contributed by atoms with van der Waals surface area (Å²) >= 11 is 0. The minimum absolute atomic E-state index is 0.127. The Hall–Kier alpha value is -3.93. The summed E-state index contributed by atoms with van der Waals surface area (Å²) in [6.07, 6.45) is 4.80. The van der Waals surface area contributed by atoms with E-state index in [0.717, 1.165) is 101 Å². The lowest BCUT2D eigenvalue weighted by Crippen LogP contribution is -2.36. The third-order valence-corrected chi connectivity index (χ3v) is 7.89. The normalized spacial score (nSPS) is 19.9. The molecule has 7 rings (SSSR count). The number of ether oxygens (including phenoxy) is 3. The van der Waals surface area contributed by atoms with Crippen LogP contribution >= 0.6 is 0 Å². The quantitative estimate of drug-likeness (QED) is 0.333. The van der Waals surface area contributed by atoms with Crippen molar-refractivity contribution in [1.82, 2.24) is 19.7 Å². The summed E-state index contributed by atoms with van der Waals surface area (Å²) in [4.78, 5) is 14.5. The van der Waals surface area contributed by atoms with Gasteiger partial charge in [0.1, 0.15) is 5.82 Å². The number of rotatable bonds is 7. The number of aromatic nitrogens is 4. The van der Waals surface area contributed by atoms with Gasteiger partial charge >= 0.3 is 0 Å². The van der Waals surface area contributed by atoms with E-state index in [1.165, 1.54) is 11.4 Å². The standard InChI is InChI=1S/C30H36N8O3/c1-2-16-41-27(3-1)38-29-26(21-31-38)28(32-22-4-8-24(9-5-22)36-12-17-39-18-13-36)34-30(35-29)33-23-6-10-25(11-7-23)37-14-19-40-20-15-37/h4-11,21,27H,1-3,12-20H2,(H2,32,33,34,35). The summed E-state index contributed by atoms with van der Waals surface area (Å²) in [6.45, 7) is 7.41. The molecular formula is C30H36N8O3. The molecule has 2 aromatic heterocycles. The lowest BCUT2D eigenvalue weighted by molar-refractivity contribution is -0.0370.